The molecule has 0 aliphatic heterocycles. The molecule has 0 unspecified atom stereocenters. The molecular formula is C18H20O6. The fourth-order valence-corrected chi connectivity index (χ4v) is 2.13. The summed E-state index contributed by atoms with van der Waals surface area (Å²) < 4.78 is 21.3. The number of esters is 1. The van der Waals surface area contributed by atoms with Gasteiger partial charge in [0, 0.05) is 6.92 Å². The number of methoxy groups -OCH3 is 2. The minimum Gasteiger partial charge on any atom is -0.493 e. The third-order valence-corrected chi connectivity index (χ3v) is 3.29. The zero-order valence-corrected chi connectivity index (χ0v) is 13.9. The number of rotatable bonds is 7. The number of ether oxygens (including phenoxy) is 4. The predicted octanol–water partition coefficient (Wildman–Crippen LogP) is 2.70. The summed E-state index contributed by atoms with van der Waals surface area (Å²) in [6.45, 7) is 1.55. The molecule has 0 aliphatic carbocycles. The molecule has 0 saturated heterocycles. The van der Waals surface area contributed by atoms with Gasteiger partial charge in [-0.05, 0) is 35.4 Å². The van der Waals surface area contributed by atoms with Gasteiger partial charge in [-0.2, -0.15) is 0 Å². The SMILES string of the molecule is COc1cc(CO)ccc1OCc1ccc(OC(C)=O)c(OC)c1. The largest absolute Gasteiger partial charge is 0.493 e. The maximum absolute atomic E-state index is 11.1. The van der Waals surface area contributed by atoms with Crippen LogP contribution in [0.2, 0.25) is 0 Å². The van der Waals surface area contributed by atoms with Crippen molar-refractivity contribution >= 4 is 5.97 Å². The van der Waals surface area contributed by atoms with E-state index in [1.54, 1.807) is 43.5 Å². The summed E-state index contributed by atoms with van der Waals surface area (Å²) in [5.74, 6) is 1.52. The van der Waals surface area contributed by atoms with Gasteiger partial charge in [0.1, 0.15) is 6.61 Å². The lowest BCUT2D eigenvalue weighted by atomic mass is 10.2. The Bertz CT molecular complexity index is 711. The van der Waals surface area contributed by atoms with Gasteiger partial charge >= 0.3 is 5.97 Å². The van der Waals surface area contributed by atoms with Crippen LogP contribution in [0.5, 0.6) is 23.0 Å². The quantitative estimate of drug-likeness (QED) is 0.621. The summed E-state index contributed by atoms with van der Waals surface area (Å²) in [7, 11) is 3.05. The van der Waals surface area contributed by atoms with Crippen LogP contribution in [0.4, 0.5) is 0 Å². The van der Waals surface area contributed by atoms with Gasteiger partial charge in [0.2, 0.25) is 0 Å². The van der Waals surface area contributed by atoms with Crippen molar-refractivity contribution in [3.8, 4) is 23.0 Å². The molecule has 0 atom stereocenters. The molecule has 2 rings (SSSR count). The molecule has 0 aromatic heterocycles. The summed E-state index contributed by atoms with van der Waals surface area (Å²) in [5.41, 5.74) is 1.59. The fourth-order valence-electron chi connectivity index (χ4n) is 2.13. The minimum atomic E-state index is -0.411. The van der Waals surface area contributed by atoms with E-state index in [1.165, 1.54) is 14.0 Å². The van der Waals surface area contributed by atoms with Gasteiger partial charge in [-0.25, -0.2) is 0 Å². The summed E-state index contributed by atoms with van der Waals surface area (Å²) >= 11 is 0. The lowest BCUT2D eigenvalue weighted by Crippen LogP contribution is -2.04. The Hall–Kier alpha value is -2.73. The average Bonchev–Trinajstić information content (AvgIpc) is 2.60. The van der Waals surface area contributed by atoms with E-state index in [2.05, 4.69) is 0 Å². The van der Waals surface area contributed by atoms with Crippen molar-refractivity contribution in [3.63, 3.8) is 0 Å². The highest BCUT2D eigenvalue weighted by Gasteiger charge is 2.10. The highest BCUT2D eigenvalue weighted by molar-refractivity contribution is 5.70. The number of hydrogen-bond donors (Lipinski definition) is 1. The first kappa shape index (κ1) is 17.6. The molecule has 0 bridgehead atoms. The molecule has 0 radical (unpaired) electrons. The highest BCUT2D eigenvalue weighted by Crippen LogP contribution is 2.31. The predicted molar refractivity (Wildman–Crippen MR) is 87.6 cm³/mol. The third-order valence-electron chi connectivity index (χ3n) is 3.29. The van der Waals surface area contributed by atoms with Gasteiger partial charge in [-0.3, -0.25) is 4.79 Å². The Morgan fingerprint density at radius 3 is 2.12 bits per heavy atom. The number of benzene rings is 2. The van der Waals surface area contributed by atoms with Crippen LogP contribution >= 0.6 is 0 Å². The Kier molecular flexibility index (Phi) is 6.03. The second-order valence-electron chi connectivity index (χ2n) is 5.01. The zero-order valence-electron chi connectivity index (χ0n) is 13.9. The van der Waals surface area contributed by atoms with Crippen molar-refractivity contribution in [3.05, 3.63) is 47.5 Å². The summed E-state index contributed by atoms with van der Waals surface area (Å²) in [5, 5.41) is 9.16. The monoisotopic (exact) mass is 332 g/mol. The lowest BCUT2D eigenvalue weighted by Gasteiger charge is -2.13. The van der Waals surface area contributed by atoms with Crippen molar-refractivity contribution in [2.45, 2.75) is 20.1 Å². The first-order chi connectivity index (χ1) is 11.6. The van der Waals surface area contributed by atoms with E-state index in [9.17, 15) is 4.79 Å². The molecule has 2 aromatic carbocycles. The number of carbonyl (C=O) groups is 1. The van der Waals surface area contributed by atoms with E-state index in [4.69, 9.17) is 24.1 Å². The molecule has 0 spiro atoms. The summed E-state index contributed by atoms with van der Waals surface area (Å²) in [6, 6.07) is 10.4. The lowest BCUT2D eigenvalue weighted by molar-refractivity contribution is -0.132. The molecule has 1 N–H and O–H groups in total. The first-order valence-electron chi connectivity index (χ1n) is 7.33. The van der Waals surface area contributed by atoms with E-state index >= 15 is 0 Å². The van der Waals surface area contributed by atoms with E-state index in [-0.39, 0.29) is 13.2 Å². The van der Waals surface area contributed by atoms with Crippen LogP contribution in [0.1, 0.15) is 18.1 Å². The fraction of sp³-hybridized carbons (Fsp3) is 0.278. The second kappa shape index (κ2) is 8.21. The molecule has 24 heavy (non-hydrogen) atoms. The molecule has 6 nitrogen and oxygen atoms in total. The smallest absolute Gasteiger partial charge is 0.308 e. The van der Waals surface area contributed by atoms with E-state index < -0.39 is 5.97 Å². The van der Waals surface area contributed by atoms with E-state index in [0.29, 0.717) is 23.0 Å². The molecule has 0 amide bonds. The first-order valence-corrected chi connectivity index (χ1v) is 7.33. The van der Waals surface area contributed by atoms with Crippen LogP contribution in [0, 0.1) is 0 Å². The van der Waals surface area contributed by atoms with E-state index in [0.717, 1.165) is 11.1 Å². The van der Waals surface area contributed by atoms with Crippen molar-refractivity contribution in [2.24, 2.45) is 0 Å². The highest BCUT2D eigenvalue weighted by atomic mass is 16.6. The minimum absolute atomic E-state index is 0.0640. The van der Waals surface area contributed by atoms with Crippen LogP contribution in [0.15, 0.2) is 36.4 Å². The molecule has 0 saturated carbocycles. The second-order valence-corrected chi connectivity index (χ2v) is 5.01. The number of aliphatic hydroxyl groups excluding tert-OH is 1. The van der Waals surface area contributed by atoms with Crippen molar-refractivity contribution in [1.29, 1.82) is 0 Å². The van der Waals surface area contributed by atoms with Gasteiger partial charge in [-0.15, -0.1) is 0 Å². The van der Waals surface area contributed by atoms with Crippen LogP contribution in [0.3, 0.4) is 0 Å². The molecule has 0 aliphatic rings. The van der Waals surface area contributed by atoms with Crippen LogP contribution in [-0.2, 0) is 18.0 Å². The maximum atomic E-state index is 11.1. The third kappa shape index (κ3) is 4.39. The van der Waals surface area contributed by atoms with E-state index in [1.807, 2.05) is 0 Å². The molecule has 2 aromatic rings. The van der Waals surface area contributed by atoms with Gasteiger partial charge in [0.05, 0.1) is 20.8 Å². The molecule has 6 heteroatoms. The molecular weight excluding hydrogens is 312 g/mol. The summed E-state index contributed by atoms with van der Waals surface area (Å²) in [4.78, 5) is 11.1. The Labute approximate surface area is 140 Å². The molecule has 0 heterocycles. The number of aliphatic hydroxyl groups is 1. The molecule has 0 fully saturated rings. The van der Waals surface area contributed by atoms with Crippen molar-refractivity contribution < 1.29 is 28.8 Å². The number of carbonyl (C=O) groups excluding carboxylic acids is 1. The maximum Gasteiger partial charge on any atom is 0.308 e. The van der Waals surface area contributed by atoms with Gasteiger partial charge in [0.25, 0.3) is 0 Å². The average molecular weight is 332 g/mol. The Balaban J connectivity index is 2.13. The number of hydrogen-bond acceptors (Lipinski definition) is 6. The van der Waals surface area contributed by atoms with Gasteiger partial charge < -0.3 is 24.1 Å². The normalized spacial score (nSPS) is 10.2. The van der Waals surface area contributed by atoms with Gasteiger partial charge in [0.15, 0.2) is 23.0 Å². The Morgan fingerprint density at radius 2 is 1.50 bits per heavy atom. The topological polar surface area (TPSA) is 74.2 Å². The van der Waals surface area contributed by atoms with Crippen LogP contribution in [0.25, 0.3) is 0 Å². The van der Waals surface area contributed by atoms with Gasteiger partial charge in [-0.1, -0.05) is 12.1 Å². The zero-order chi connectivity index (χ0) is 17.5. The van der Waals surface area contributed by atoms with Crippen molar-refractivity contribution in [2.75, 3.05) is 14.2 Å². The molecule has 128 valence electrons. The van der Waals surface area contributed by atoms with Crippen LogP contribution < -0.4 is 18.9 Å². The standard InChI is InChI=1S/C18H20O6/c1-12(20)24-16-7-5-14(9-18(16)22-3)11-23-15-6-4-13(10-19)8-17(15)21-2/h4-9,19H,10-11H2,1-3H3. The van der Waals surface area contributed by atoms with Crippen LogP contribution in [-0.4, -0.2) is 25.3 Å². The Morgan fingerprint density at radius 1 is 0.917 bits per heavy atom. The summed E-state index contributed by atoms with van der Waals surface area (Å²) in [6.07, 6.45) is 0. The van der Waals surface area contributed by atoms with Crippen molar-refractivity contribution in [1.82, 2.24) is 0 Å².